The van der Waals surface area contributed by atoms with Gasteiger partial charge in [-0.3, -0.25) is 0 Å². The number of nitrogens with one attached hydrogen (secondary N) is 1. The summed E-state index contributed by atoms with van der Waals surface area (Å²) < 4.78 is 0. The van der Waals surface area contributed by atoms with Crippen molar-refractivity contribution in [2.24, 2.45) is 0 Å². The molecule has 4 nitrogen and oxygen atoms in total. The van der Waals surface area contributed by atoms with Crippen molar-refractivity contribution in [1.82, 2.24) is 14.9 Å². The molecule has 2 rings (SSSR count). The summed E-state index contributed by atoms with van der Waals surface area (Å²) in [6.07, 6.45) is 0. The fraction of sp³-hybridized carbons (Fsp3) is 0.467. The smallest absolute Gasteiger partial charge is 0.148 e. The molecule has 0 aliphatic rings. The summed E-state index contributed by atoms with van der Waals surface area (Å²) in [6, 6.07) is 7.97. The second kappa shape index (κ2) is 6.48. The van der Waals surface area contributed by atoms with Gasteiger partial charge in [0.2, 0.25) is 0 Å². The molecule has 0 unspecified atom stereocenters. The summed E-state index contributed by atoms with van der Waals surface area (Å²) in [4.78, 5) is 11.6. The van der Waals surface area contributed by atoms with Gasteiger partial charge in [-0.15, -0.1) is 0 Å². The molecule has 0 aliphatic carbocycles. The lowest BCUT2D eigenvalue weighted by molar-refractivity contribution is 0.316. The Labute approximate surface area is 114 Å². The molecule has 102 valence electrons. The molecule has 2 aromatic rings. The van der Waals surface area contributed by atoms with Gasteiger partial charge >= 0.3 is 0 Å². The van der Waals surface area contributed by atoms with Crippen LogP contribution in [0.4, 0.5) is 5.82 Å². The first-order chi connectivity index (χ1) is 9.24. The Hall–Kier alpha value is -1.68. The van der Waals surface area contributed by atoms with E-state index in [0.717, 1.165) is 48.7 Å². The number of para-hydroxylation sites is 2. The molecule has 1 N–H and O–H groups in total. The highest BCUT2D eigenvalue weighted by atomic mass is 15.1. The topological polar surface area (TPSA) is 41.0 Å². The van der Waals surface area contributed by atoms with Crippen LogP contribution in [0.5, 0.6) is 0 Å². The van der Waals surface area contributed by atoms with E-state index in [1.54, 1.807) is 0 Å². The fourth-order valence-corrected chi connectivity index (χ4v) is 2.13. The third kappa shape index (κ3) is 3.41. The Kier molecular flexibility index (Phi) is 4.68. The zero-order chi connectivity index (χ0) is 13.7. The van der Waals surface area contributed by atoms with E-state index in [4.69, 9.17) is 0 Å². The van der Waals surface area contributed by atoms with E-state index in [1.807, 2.05) is 31.2 Å². The maximum absolute atomic E-state index is 4.63. The zero-order valence-electron chi connectivity index (χ0n) is 12.0. The van der Waals surface area contributed by atoms with E-state index < -0.39 is 0 Å². The number of nitrogens with zero attached hydrogens (tertiary/aromatic N) is 3. The normalized spacial score (nSPS) is 11.2. The number of hydrogen-bond acceptors (Lipinski definition) is 4. The third-order valence-electron chi connectivity index (χ3n) is 3.36. The molecule has 0 spiro atoms. The molecular weight excluding hydrogens is 236 g/mol. The number of benzene rings is 1. The molecule has 0 radical (unpaired) electrons. The fourth-order valence-electron chi connectivity index (χ4n) is 2.13. The van der Waals surface area contributed by atoms with Crippen LogP contribution in [0.25, 0.3) is 11.0 Å². The summed E-state index contributed by atoms with van der Waals surface area (Å²) >= 11 is 0. The van der Waals surface area contributed by atoms with E-state index in [2.05, 4.69) is 34.0 Å². The summed E-state index contributed by atoms with van der Waals surface area (Å²) in [5.74, 6) is 0.894. The molecule has 0 amide bonds. The predicted molar refractivity (Wildman–Crippen MR) is 80.6 cm³/mol. The first-order valence-electron chi connectivity index (χ1n) is 6.94. The van der Waals surface area contributed by atoms with Crippen molar-refractivity contribution in [3.05, 3.63) is 30.0 Å². The second-order valence-electron chi connectivity index (χ2n) is 4.60. The summed E-state index contributed by atoms with van der Waals surface area (Å²) in [6.45, 7) is 10.5. The van der Waals surface area contributed by atoms with Gasteiger partial charge in [-0.1, -0.05) is 26.0 Å². The number of likely N-dealkylation sites (N-methyl/N-ethyl adjacent to an activating group) is 1. The number of rotatable bonds is 6. The van der Waals surface area contributed by atoms with Gasteiger partial charge in [-0.05, 0) is 32.1 Å². The van der Waals surface area contributed by atoms with Crippen molar-refractivity contribution in [3.63, 3.8) is 0 Å². The van der Waals surface area contributed by atoms with Crippen LogP contribution in [0.2, 0.25) is 0 Å². The maximum Gasteiger partial charge on any atom is 0.148 e. The molecule has 0 aliphatic heterocycles. The molecule has 0 bridgehead atoms. The number of aryl methyl sites for hydroxylation is 1. The van der Waals surface area contributed by atoms with Gasteiger partial charge in [0.15, 0.2) is 0 Å². The van der Waals surface area contributed by atoms with Gasteiger partial charge in [-0.2, -0.15) is 0 Å². The highest BCUT2D eigenvalue weighted by Gasteiger charge is 2.05. The van der Waals surface area contributed by atoms with Crippen LogP contribution in [-0.2, 0) is 0 Å². The lowest BCUT2D eigenvalue weighted by Crippen LogP contribution is -2.29. The van der Waals surface area contributed by atoms with Crippen LogP contribution in [0.1, 0.15) is 19.5 Å². The molecule has 19 heavy (non-hydrogen) atoms. The van der Waals surface area contributed by atoms with E-state index in [-0.39, 0.29) is 0 Å². The first kappa shape index (κ1) is 13.7. The third-order valence-corrected chi connectivity index (χ3v) is 3.36. The highest BCUT2D eigenvalue weighted by molar-refractivity contribution is 5.76. The van der Waals surface area contributed by atoms with Crippen molar-refractivity contribution in [2.75, 3.05) is 31.5 Å². The van der Waals surface area contributed by atoms with Crippen molar-refractivity contribution in [3.8, 4) is 0 Å². The van der Waals surface area contributed by atoms with Crippen molar-refractivity contribution in [1.29, 1.82) is 0 Å². The molecule has 1 aromatic carbocycles. The minimum atomic E-state index is 0.894. The van der Waals surface area contributed by atoms with Crippen molar-refractivity contribution in [2.45, 2.75) is 20.8 Å². The second-order valence-corrected chi connectivity index (χ2v) is 4.60. The summed E-state index contributed by atoms with van der Waals surface area (Å²) in [7, 11) is 0. The first-order valence-corrected chi connectivity index (χ1v) is 6.94. The SMILES string of the molecule is CCN(CC)CCNc1nc2ccccc2nc1C. The van der Waals surface area contributed by atoms with Crippen LogP contribution in [0, 0.1) is 6.92 Å². The molecular formula is C15H22N4. The molecule has 0 saturated carbocycles. The molecule has 1 heterocycles. The van der Waals surface area contributed by atoms with Crippen LogP contribution in [0.3, 0.4) is 0 Å². The average Bonchev–Trinajstić information content (AvgIpc) is 2.44. The van der Waals surface area contributed by atoms with Gasteiger partial charge in [0.1, 0.15) is 5.82 Å². The van der Waals surface area contributed by atoms with Gasteiger partial charge in [0.05, 0.1) is 16.7 Å². The van der Waals surface area contributed by atoms with Crippen LogP contribution in [0.15, 0.2) is 24.3 Å². The zero-order valence-corrected chi connectivity index (χ0v) is 12.0. The van der Waals surface area contributed by atoms with E-state index >= 15 is 0 Å². The Morgan fingerprint density at radius 3 is 2.32 bits per heavy atom. The number of fused-ring (bicyclic) bond motifs is 1. The van der Waals surface area contributed by atoms with Crippen LogP contribution >= 0.6 is 0 Å². The number of anilines is 1. The largest absolute Gasteiger partial charge is 0.367 e. The van der Waals surface area contributed by atoms with E-state index in [0.29, 0.717) is 0 Å². The molecule has 4 heteroatoms. The lowest BCUT2D eigenvalue weighted by Gasteiger charge is -2.18. The predicted octanol–water partition coefficient (Wildman–Crippen LogP) is 2.69. The quantitative estimate of drug-likeness (QED) is 0.865. The van der Waals surface area contributed by atoms with Crippen LogP contribution < -0.4 is 5.32 Å². The Morgan fingerprint density at radius 2 is 1.68 bits per heavy atom. The lowest BCUT2D eigenvalue weighted by atomic mass is 10.3. The standard InChI is InChI=1S/C15H22N4/c1-4-19(5-2)11-10-16-15-12(3)17-13-8-6-7-9-14(13)18-15/h6-9H,4-5,10-11H2,1-3H3,(H,16,18). The van der Waals surface area contributed by atoms with Gasteiger partial charge < -0.3 is 10.2 Å². The molecule has 1 aromatic heterocycles. The molecule has 0 saturated heterocycles. The average molecular weight is 258 g/mol. The van der Waals surface area contributed by atoms with Crippen molar-refractivity contribution >= 4 is 16.9 Å². The molecule has 0 fully saturated rings. The van der Waals surface area contributed by atoms with Gasteiger partial charge in [-0.25, -0.2) is 9.97 Å². The summed E-state index contributed by atoms with van der Waals surface area (Å²) in [5, 5.41) is 3.39. The summed E-state index contributed by atoms with van der Waals surface area (Å²) in [5.41, 5.74) is 2.85. The minimum Gasteiger partial charge on any atom is -0.367 e. The van der Waals surface area contributed by atoms with Gasteiger partial charge in [0.25, 0.3) is 0 Å². The van der Waals surface area contributed by atoms with E-state index in [1.165, 1.54) is 0 Å². The Bertz CT molecular complexity index is 535. The van der Waals surface area contributed by atoms with Crippen LogP contribution in [-0.4, -0.2) is 41.0 Å². The monoisotopic (exact) mass is 258 g/mol. The number of aromatic nitrogens is 2. The van der Waals surface area contributed by atoms with Crippen molar-refractivity contribution < 1.29 is 0 Å². The Morgan fingerprint density at radius 1 is 1.05 bits per heavy atom. The number of hydrogen-bond donors (Lipinski definition) is 1. The van der Waals surface area contributed by atoms with E-state index in [9.17, 15) is 0 Å². The Balaban J connectivity index is 2.06. The minimum absolute atomic E-state index is 0.894. The van der Waals surface area contributed by atoms with Gasteiger partial charge in [0, 0.05) is 13.1 Å². The molecule has 0 atom stereocenters. The highest BCUT2D eigenvalue weighted by Crippen LogP contribution is 2.15. The maximum atomic E-state index is 4.63.